The molecule has 96 valence electrons. The van der Waals surface area contributed by atoms with E-state index in [-0.39, 0.29) is 18.6 Å². The lowest BCUT2D eigenvalue weighted by Gasteiger charge is -2.17. The standard InChI is InChI=1S/C14H23NO2/c1-2-10(5-6-16)15-14(17)13-11-8-3-4-9(7-8)12(11)13/h8-13,16H,2-7H2,1H3,(H,15,17). The summed E-state index contributed by atoms with van der Waals surface area (Å²) in [7, 11) is 0. The Morgan fingerprint density at radius 1 is 1.35 bits per heavy atom. The molecule has 3 heteroatoms. The molecule has 3 rings (SSSR count). The molecule has 3 aliphatic carbocycles. The van der Waals surface area contributed by atoms with Crippen molar-refractivity contribution in [2.75, 3.05) is 6.61 Å². The van der Waals surface area contributed by atoms with Gasteiger partial charge in [0.1, 0.15) is 0 Å². The molecule has 2 bridgehead atoms. The van der Waals surface area contributed by atoms with Gasteiger partial charge in [0.15, 0.2) is 0 Å². The predicted molar refractivity (Wildman–Crippen MR) is 65.2 cm³/mol. The summed E-state index contributed by atoms with van der Waals surface area (Å²) in [6.07, 6.45) is 5.73. The van der Waals surface area contributed by atoms with Gasteiger partial charge in [0.25, 0.3) is 0 Å². The Balaban J connectivity index is 1.55. The molecule has 17 heavy (non-hydrogen) atoms. The molecule has 2 N–H and O–H groups in total. The van der Waals surface area contributed by atoms with Crippen molar-refractivity contribution in [3.05, 3.63) is 0 Å². The van der Waals surface area contributed by atoms with Crippen LogP contribution >= 0.6 is 0 Å². The normalized spacial score (nSPS) is 43.3. The number of nitrogens with one attached hydrogen (secondary N) is 1. The molecule has 0 aromatic carbocycles. The molecule has 0 radical (unpaired) electrons. The van der Waals surface area contributed by atoms with E-state index in [0.29, 0.717) is 12.3 Å². The Kier molecular flexibility index (Phi) is 2.89. The molecule has 5 atom stereocenters. The number of amides is 1. The minimum absolute atomic E-state index is 0.168. The first-order valence-electron chi connectivity index (χ1n) is 7.17. The Morgan fingerprint density at radius 2 is 2.00 bits per heavy atom. The lowest BCUT2D eigenvalue weighted by Crippen LogP contribution is -2.37. The first-order valence-corrected chi connectivity index (χ1v) is 7.17. The molecule has 3 nitrogen and oxygen atoms in total. The van der Waals surface area contributed by atoms with Gasteiger partial charge in [-0.1, -0.05) is 6.92 Å². The zero-order chi connectivity index (χ0) is 12.0. The van der Waals surface area contributed by atoms with Crippen LogP contribution in [0.3, 0.4) is 0 Å². The van der Waals surface area contributed by atoms with Gasteiger partial charge in [-0.05, 0) is 55.8 Å². The highest BCUT2D eigenvalue weighted by Gasteiger charge is 2.67. The predicted octanol–water partition coefficient (Wildman–Crippen LogP) is 1.56. The van der Waals surface area contributed by atoms with Crippen LogP contribution in [0.25, 0.3) is 0 Å². The summed E-state index contributed by atoms with van der Waals surface area (Å²) in [5, 5.41) is 12.1. The summed E-state index contributed by atoms with van der Waals surface area (Å²) in [6, 6.07) is 0.173. The van der Waals surface area contributed by atoms with Crippen molar-refractivity contribution in [2.45, 2.75) is 45.1 Å². The Hall–Kier alpha value is -0.570. The lowest BCUT2D eigenvalue weighted by atomic mass is 10.0. The quantitative estimate of drug-likeness (QED) is 0.762. The Labute approximate surface area is 103 Å². The van der Waals surface area contributed by atoms with Crippen LogP contribution in [0.4, 0.5) is 0 Å². The SMILES string of the molecule is CCC(CCO)NC(=O)C1C2C3CCC(C3)C12. The molecule has 3 aliphatic rings. The van der Waals surface area contributed by atoms with E-state index in [4.69, 9.17) is 5.11 Å². The molecule has 5 unspecified atom stereocenters. The summed E-state index contributed by atoms with van der Waals surface area (Å²) < 4.78 is 0. The van der Waals surface area contributed by atoms with Gasteiger partial charge in [-0.25, -0.2) is 0 Å². The third kappa shape index (κ3) is 1.79. The number of hydrogen-bond acceptors (Lipinski definition) is 2. The molecule has 0 heterocycles. The molecule has 0 saturated heterocycles. The highest BCUT2D eigenvalue weighted by Crippen LogP contribution is 2.69. The van der Waals surface area contributed by atoms with E-state index in [9.17, 15) is 4.79 Å². The van der Waals surface area contributed by atoms with Crippen LogP contribution in [0.1, 0.15) is 39.0 Å². The topological polar surface area (TPSA) is 49.3 Å². The number of aliphatic hydroxyl groups is 1. The van der Waals surface area contributed by atoms with Gasteiger partial charge in [-0.3, -0.25) is 4.79 Å². The van der Waals surface area contributed by atoms with Crippen LogP contribution in [-0.2, 0) is 4.79 Å². The second-order valence-corrected chi connectivity index (χ2v) is 6.14. The Morgan fingerprint density at radius 3 is 2.53 bits per heavy atom. The molecular weight excluding hydrogens is 214 g/mol. The fourth-order valence-corrected chi connectivity index (χ4v) is 4.51. The second-order valence-electron chi connectivity index (χ2n) is 6.14. The van der Waals surface area contributed by atoms with Crippen LogP contribution in [-0.4, -0.2) is 23.7 Å². The number of hydrogen-bond donors (Lipinski definition) is 2. The first-order chi connectivity index (χ1) is 8.26. The van der Waals surface area contributed by atoms with E-state index in [1.54, 1.807) is 0 Å². The molecule has 0 spiro atoms. The number of rotatable bonds is 5. The van der Waals surface area contributed by atoms with Crippen molar-refractivity contribution in [3.63, 3.8) is 0 Å². The molecule has 3 saturated carbocycles. The average molecular weight is 237 g/mol. The molecule has 3 fully saturated rings. The van der Waals surface area contributed by atoms with E-state index in [1.807, 2.05) is 0 Å². The maximum Gasteiger partial charge on any atom is 0.223 e. The fraction of sp³-hybridized carbons (Fsp3) is 0.929. The third-order valence-corrected chi connectivity index (χ3v) is 5.35. The highest BCUT2D eigenvalue weighted by atomic mass is 16.3. The third-order valence-electron chi connectivity index (χ3n) is 5.35. The summed E-state index contributed by atoms with van der Waals surface area (Å²) in [5.41, 5.74) is 0. The van der Waals surface area contributed by atoms with Gasteiger partial charge in [-0.2, -0.15) is 0 Å². The van der Waals surface area contributed by atoms with Gasteiger partial charge in [-0.15, -0.1) is 0 Å². The van der Waals surface area contributed by atoms with Gasteiger partial charge >= 0.3 is 0 Å². The van der Waals surface area contributed by atoms with Crippen LogP contribution in [0.15, 0.2) is 0 Å². The summed E-state index contributed by atoms with van der Waals surface area (Å²) in [6.45, 7) is 2.24. The van der Waals surface area contributed by atoms with Gasteiger partial charge in [0, 0.05) is 18.6 Å². The number of carbonyl (C=O) groups excluding carboxylic acids is 1. The largest absolute Gasteiger partial charge is 0.396 e. The number of aliphatic hydroxyl groups excluding tert-OH is 1. The summed E-state index contributed by atoms with van der Waals surface area (Å²) in [5.74, 6) is 3.77. The monoisotopic (exact) mass is 237 g/mol. The van der Waals surface area contributed by atoms with E-state index in [1.165, 1.54) is 19.3 Å². The summed E-state index contributed by atoms with van der Waals surface area (Å²) >= 11 is 0. The average Bonchev–Trinajstić information content (AvgIpc) is 2.78. The van der Waals surface area contributed by atoms with Gasteiger partial charge < -0.3 is 10.4 Å². The maximum atomic E-state index is 12.2. The molecule has 0 aliphatic heterocycles. The Bertz CT molecular complexity index is 301. The highest BCUT2D eigenvalue weighted by molar-refractivity contribution is 5.83. The van der Waals surface area contributed by atoms with Crippen LogP contribution in [0.2, 0.25) is 0 Å². The number of carbonyl (C=O) groups is 1. The van der Waals surface area contributed by atoms with E-state index >= 15 is 0 Å². The number of fused-ring (bicyclic) bond motifs is 5. The molecular formula is C14H23NO2. The van der Waals surface area contributed by atoms with Crippen LogP contribution in [0.5, 0.6) is 0 Å². The van der Waals surface area contributed by atoms with Crippen LogP contribution < -0.4 is 5.32 Å². The zero-order valence-corrected chi connectivity index (χ0v) is 10.6. The fourth-order valence-electron chi connectivity index (χ4n) is 4.51. The molecule has 0 aromatic rings. The smallest absolute Gasteiger partial charge is 0.223 e. The first kappa shape index (κ1) is 11.5. The second kappa shape index (κ2) is 4.27. The minimum Gasteiger partial charge on any atom is -0.396 e. The van der Waals surface area contributed by atoms with Crippen molar-refractivity contribution >= 4 is 5.91 Å². The van der Waals surface area contributed by atoms with Gasteiger partial charge in [0.05, 0.1) is 0 Å². The van der Waals surface area contributed by atoms with Crippen LogP contribution in [0, 0.1) is 29.6 Å². The summed E-state index contributed by atoms with van der Waals surface area (Å²) in [4.78, 5) is 12.2. The van der Waals surface area contributed by atoms with Crippen molar-refractivity contribution in [2.24, 2.45) is 29.6 Å². The van der Waals surface area contributed by atoms with E-state index < -0.39 is 0 Å². The zero-order valence-electron chi connectivity index (χ0n) is 10.6. The van der Waals surface area contributed by atoms with E-state index in [0.717, 1.165) is 30.1 Å². The minimum atomic E-state index is 0.168. The lowest BCUT2D eigenvalue weighted by molar-refractivity contribution is -0.124. The van der Waals surface area contributed by atoms with Gasteiger partial charge in [0.2, 0.25) is 5.91 Å². The molecule has 1 amide bonds. The van der Waals surface area contributed by atoms with Crippen molar-refractivity contribution < 1.29 is 9.90 Å². The van der Waals surface area contributed by atoms with Crippen molar-refractivity contribution in [3.8, 4) is 0 Å². The van der Waals surface area contributed by atoms with Crippen molar-refractivity contribution in [1.29, 1.82) is 0 Å². The van der Waals surface area contributed by atoms with Crippen molar-refractivity contribution in [1.82, 2.24) is 5.32 Å². The van der Waals surface area contributed by atoms with E-state index in [2.05, 4.69) is 12.2 Å². The molecule has 0 aromatic heterocycles. The maximum absolute atomic E-state index is 12.2.